The molecule has 0 atom stereocenters. The minimum atomic E-state index is 0.645. The summed E-state index contributed by atoms with van der Waals surface area (Å²) in [4.78, 5) is 0. The van der Waals surface area contributed by atoms with Crippen molar-refractivity contribution in [2.75, 3.05) is 10.6 Å². The van der Waals surface area contributed by atoms with E-state index in [0.29, 0.717) is 12.1 Å². The summed E-state index contributed by atoms with van der Waals surface area (Å²) < 4.78 is 0. The minimum Gasteiger partial charge on any atom is -0.382 e. The van der Waals surface area contributed by atoms with Gasteiger partial charge in [-0.15, -0.1) is 0 Å². The van der Waals surface area contributed by atoms with Gasteiger partial charge in [0.05, 0.1) is 0 Å². The maximum Gasteiger partial charge on any atom is 0.0466 e. The highest BCUT2D eigenvalue weighted by Crippen LogP contribution is 2.33. The topological polar surface area (TPSA) is 24.1 Å². The number of allylic oxidation sites excluding steroid dienone is 1. The lowest BCUT2D eigenvalue weighted by molar-refractivity contribution is 0.461. The lowest BCUT2D eigenvalue weighted by Gasteiger charge is -2.29. The van der Waals surface area contributed by atoms with E-state index in [9.17, 15) is 0 Å². The van der Waals surface area contributed by atoms with Gasteiger partial charge in [0.15, 0.2) is 0 Å². The predicted octanol–water partition coefficient (Wildman–Crippen LogP) is 6.52. The van der Waals surface area contributed by atoms with Crippen LogP contribution in [0.4, 0.5) is 11.4 Å². The minimum absolute atomic E-state index is 0.645. The van der Waals surface area contributed by atoms with Gasteiger partial charge in [-0.1, -0.05) is 56.7 Å². The molecule has 2 fully saturated rings. The molecule has 2 aliphatic carbocycles. The number of rotatable bonds is 5. The molecule has 0 aliphatic heterocycles. The van der Waals surface area contributed by atoms with Crippen molar-refractivity contribution in [3.8, 4) is 0 Å². The van der Waals surface area contributed by atoms with Crippen LogP contribution in [0, 0.1) is 6.92 Å². The Morgan fingerprint density at radius 3 is 2.00 bits per heavy atom. The molecule has 0 radical (unpaired) electrons. The molecule has 0 heterocycles. The van der Waals surface area contributed by atoms with Crippen molar-refractivity contribution in [2.45, 2.75) is 90.1 Å². The van der Waals surface area contributed by atoms with Crippen LogP contribution in [0.3, 0.4) is 0 Å². The summed E-state index contributed by atoms with van der Waals surface area (Å²) in [7, 11) is 0. The lowest BCUT2D eigenvalue weighted by atomic mass is 9.93. The van der Waals surface area contributed by atoms with Crippen molar-refractivity contribution in [1.82, 2.24) is 0 Å². The molecule has 3 rings (SSSR count). The summed E-state index contributed by atoms with van der Waals surface area (Å²) in [5.74, 6) is 0. The molecule has 2 heteroatoms. The molecule has 0 aromatic heterocycles. The summed E-state index contributed by atoms with van der Waals surface area (Å²) in [5.41, 5.74) is 5.39. The molecular formula is C22H34N2. The fourth-order valence-electron chi connectivity index (χ4n) is 4.32. The zero-order valence-electron chi connectivity index (χ0n) is 15.5. The molecule has 132 valence electrons. The lowest BCUT2D eigenvalue weighted by Crippen LogP contribution is -2.25. The van der Waals surface area contributed by atoms with Gasteiger partial charge in [-0.2, -0.15) is 0 Å². The second-order valence-electron chi connectivity index (χ2n) is 7.66. The van der Waals surface area contributed by atoms with E-state index in [-0.39, 0.29) is 0 Å². The van der Waals surface area contributed by atoms with Crippen LogP contribution in [0.5, 0.6) is 0 Å². The first-order valence-corrected chi connectivity index (χ1v) is 10.1. The zero-order chi connectivity index (χ0) is 16.8. The molecule has 1 aromatic rings. The van der Waals surface area contributed by atoms with Crippen LogP contribution in [-0.2, 0) is 0 Å². The predicted molar refractivity (Wildman–Crippen MR) is 107 cm³/mol. The normalized spacial score (nSPS) is 20.4. The number of benzene rings is 1. The Balaban J connectivity index is 1.80. The van der Waals surface area contributed by atoms with Crippen LogP contribution in [0.1, 0.15) is 82.3 Å². The van der Waals surface area contributed by atoms with Crippen molar-refractivity contribution >= 4 is 17.5 Å². The Labute approximate surface area is 148 Å². The van der Waals surface area contributed by atoms with Crippen LogP contribution >= 0.6 is 0 Å². The van der Waals surface area contributed by atoms with E-state index >= 15 is 0 Å². The van der Waals surface area contributed by atoms with Crippen molar-refractivity contribution in [3.63, 3.8) is 0 Å². The van der Waals surface area contributed by atoms with E-state index in [2.05, 4.69) is 48.8 Å². The quantitative estimate of drug-likeness (QED) is 0.644. The monoisotopic (exact) mass is 326 g/mol. The van der Waals surface area contributed by atoms with Gasteiger partial charge in [0.2, 0.25) is 0 Å². The molecule has 0 amide bonds. The van der Waals surface area contributed by atoms with Crippen molar-refractivity contribution in [1.29, 1.82) is 0 Å². The van der Waals surface area contributed by atoms with E-state index in [1.54, 1.807) is 0 Å². The second kappa shape index (κ2) is 8.60. The van der Waals surface area contributed by atoms with Gasteiger partial charge < -0.3 is 10.6 Å². The molecule has 0 spiro atoms. The SMILES string of the molecule is CC=Cc1ccc(NC2CCCCC2)c(C)c1NC1CCCCC1. The van der Waals surface area contributed by atoms with E-state index in [0.717, 1.165) is 0 Å². The highest BCUT2D eigenvalue weighted by atomic mass is 15.0. The second-order valence-corrected chi connectivity index (χ2v) is 7.66. The molecule has 0 unspecified atom stereocenters. The van der Waals surface area contributed by atoms with E-state index in [1.165, 1.54) is 86.7 Å². The first-order valence-electron chi connectivity index (χ1n) is 10.1. The van der Waals surface area contributed by atoms with Crippen LogP contribution in [0.15, 0.2) is 18.2 Å². The fraction of sp³-hybridized carbons (Fsp3) is 0.636. The maximum absolute atomic E-state index is 3.89. The standard InChI is InChI=1S/C22H34N2/c1-3-10-18-15-16-21(23-19-11-6-4-7-12-19)17(2)22(18)24-20-13-8-5-9-14-20/h3,10,15-16,19-20,23-24H,4-9,11-14H2,1-2H3. The third-order valence-corrected chi connectivity index (χ3v) is 5.76. The van der Waals surface area contributed by atoms with Crippen LogP contribution in [0.25, 0.3) is 6.08 Å². The van der Waals surface area contributed by atoms with E-state index in [1.807, 2.05) is 0 Å². The Morgan fingerprint density at radius 2 is 1.42 bits per heavy atom. The van der Waals surface area contributed by atoms with Gasteiger partial charge in [0.1, 0.15) is 0 Å². The highest BCUT2D eigenvalue weighted by Gasteiger charge is 2.18. The van der Waals surface area contributed by atoms with Gasteiger partial charge in [0, 0.05) is 23.5 Å². The summed E-state index contributed by atoms with van der Waals surface area (Å²) in [6, 6.07) is 5.87. The summed E-state index contributed by atoms with van der Waals surface area (Å²) >= 11 is 0. The van der Waals surface area contributed by atoms with Gasteiger partial charge in [-0.25, -0.2) is 0 Å². The van der Waals surface area contributed by atoms with Crippen LogP contribution in [0.2, 0.25) is 0 Å². The molecule has 2 nitrogen and oxygen atoms in total. The Morgan fingerprint density at radius 1 is 0.833 bits per heavy atom. The number of hydrogen-bond donors (Lipinski definition) is 2. The third-order valence-electron chi connectivity index (χ3n) is 5.76. The summed E-state index contributed by atoms with van der Waals surface area (Å²) in [5, 5.41) is 7.72. The molecule has 2 N–H and O–H groups in total. The average Bonchev–Trinajstić information content (AvgIpc) is 2.62. The van der Waals surface area contributed by atoms with E-state index < -0.39 is 0 Å². The summed E-state index contributed by atoms with van der Waals surface area (Å²) in [6.07, 6.45) is 18.0. The smallest absolute Gasteiger partial charge is 0.0466 e. The fourth-order valence-corrected chi connectivity index (χ4v) is 4.32. The average molecular weight is 327 g/mol. The molecule has 1 aromatic carbocycles. The zero-order valence-corrected chi connectivity index (χ0v) is 15.5. The summed E-state index contributed by atoms with van der Waals surface area (Å²) in [6.45, 7) is 4.39. The van der Waals surface area contributed by atoms with Gasteiger partial charge in [-0.05, 0) is 56.7 Å². The molecule has 0 saturated heterocycles. The van der Waals surface area contributed by atoms with Gasteiger partial charge in [-0.3, -0.25) is 0 Å². The van der Waals surface area contributed by atoms with Crippen LogP contribution in [-0.4, -0.2) is 12.1 Å². The molecular weight excluding hydrogens is 292 g/mol. The van der Waals surface area contributed by atoms with Gasteiger partial charge in [0.25, 0.3) is 0 Å². The molecule has 2 saturated carbocycles. The third kappa shape index (κ3) is 4.34. The first-order chi connectivity index (χ1) is 11.8. The van der Waals surface area contributed by atoms with E-state index in [4.69, 9.17) is 0 Å². The Kier molecular flexibility index (Phi) is 6.23. The molecule has 0 bridgehead atoms. The van der Waals surface area contributed by atoms with Crippen molar-refractivity contribution in [3.05, 3.63) is 29.3 Å². The highest BCUT2D eigenvalue weighted by molar-refractivity contribution is 5.76. The Bertz CT molecular complexity index is 549. The van der Waals surface area contributed by atoms with Gasteiger partial charge >= 0.3 is 0 Å². The first kappa shape index (κ1) is 17.4. The Hall–Kier alpha value is -1.44. The largest absolute Gasteiger partial charge is 0.382 e. The molecule has 2 aliphatic rings. The number of anilines is 2. The number of nitrogens with one attached hydrogen (secondary N) is 2. The van der Waals surface area contributed by atoms with Crippen molar-refractivity contribution < 1.29 is 0 Å². The number of hydrogen-bond acceptors (Lipinski definition) is 2. The van der Waals surface area contributed by atoms with Crippen LogP contribution < -0.4 is 10.6 Å². The molecule has 24 heavy (non-hydrogen) atoms. The maximum atomic E-state index is 3.89. The van der Waals surface area contributed by atoms with Crippen molar-refractivity contribution in [2.24, 2.45) is 0 Å².